The number of ether oxygens (including phenoxy) is 1. The number of nitrogens with zero attached hydrogens (tertiary/aromatic N) is 5. The fourth-order valence-corrected chi connectivity index (χ4v) is 9.43. The van der Waals surface area contributed by atoms with E-state index < -0.39 is 5.82 Å². The van der Waals surface area contributed by atoms with Gasteiger partial charge in [0, 0.05) is 76.2 Å². The van der Waals surface area contributed by atoms with Crippen LogP contribution in [-0.2, 0) is 11.2 Å². The first-order valence-electron chi connectivity index (χ1n) is 16.9. The van der Waals surface area contributed by atoms with Gasteiger partial charge in [-0.3, -0.25) is 4.79 Å². The molecular weight excluding hydrogens is 682 g/mol. The molecule has 1 N–H and O–H groups in total. The second kappa shape index (κ2) is 11.9. The van der Waals surface area contributed by atoms with Gasteiger partial charge < -0.3 is 19.5 Å². The molecule has 0 radical (unpaired) electrons. The standard InChI is InChI=1S/C37H33Cl2FN6O2S/c1-18-24-15-29(28-14-22(48-37-42-10-11-49-37)17-45(28)36(47)19-7-8-19)46(34-21-13-27(34)43-16-21)35(24)25-12-20(4-3-9-41)30(32(40)33(25)44-18)23-5-2-6-26(38)31(23)39/h2,5-6,10-12,15,19,21-22,27-28,34,43H,3-4,7-8,13-14,16-17H2,1H3/t21-,22+,27-,28-,34+/m1/s1. The van der Waals surface area contributed by atoms with Crippen molar-refractivity contribution < 1.29 is 13.9 Å². The Morgan fingerprint density at radius 1 is 1.22 bits per heavy atom. The van der Waals surface area contributed by atoms with Gasteiger partial charge in [-0.1, -0.05) is 46.7 Å². The summed E-state index contributed by atoms with van der Waals surface area (Å²) in [6.45, 7) is 3.33. The molecule has 250 valence electrons. The van der Waals surface area contributed by atoms with E-state index in [1.54, 1.807) is 24.4 Å². The molecule has 3 aromatic heterocycles. The van der Waals surface area contributed by atoms with E-state index in [0.29, 0.717) is 63.3 Å². The van der Waals surface area contributed by atoms with Crippen LogP contribution >= 0.6 is 34.5 Å². The number of amides is 1. The summed E-state index contributed by atoms with van der Waals surface area (Å²) in [7, 11) is 0. The summed E-state index contributed by atoms with van der Waals surface area (Å²) < 4.78 is 25.9. The van der Waals surface area contributed by atoms with E-state index >= 15 is 4.39 Å². The topological polar surface area (TPSA) is 96.1 Å². The molecule has 0 unspecified atom stereocenters. The van der Waals surface area contributed by atoms with Crippen molar-refractivity contribution in [2.45, 2.75) is 69.7 Å². The Balaban J connectivity index is 1.28. The second-order valence-corrected chi connectivity index (χ2v) is 15.5. The van der Waals surface area contributed by atoms with Crippen molar-refractivity contribution in [3.8, 4) is 22.4 Å². The number of pyridine rings is 1. The molecule has 10 rings (SSSR count). The number of likely N-dealkylation sites (tertiary alicyclic amines) is 1. The molecular formula is C37H33Cl2FN6O2S. The Kier molecular flexibility index (Phi) is 7.62. The number of aryl methyl sites for hydroxylation is 2. The van der Waals surface area contributed by atoms with Gasteiger partial charge in [-0.15, -0.1) is 0 Å². The zero-order chi connectivity index (χ0) is 33.6. The van der Waals surface area contributed by atoms with Crippen LogP contribution in [0, 0.1) is 35.9 Å². The number of hydrogen-bond acceptors (Lipinski definition) is 7. The van der Waals surface area contributed by atoms with Gasteiger partial charge in [0.1, 0.15) is 11.6 Å². The predicted octanol–water partition coefficient (Wildman–Crippen LogP) is 8.19. The number of aromatic nitrogens is 3. The van der Waals surface area contributed by atoms with Crippen LogP contribution in [0.3, 0.4) is 0 Å². The zero-order valence-corrected chi connectivity index (χ0v) is 29.1. The molecule has 2 aromatic carbocycles. The fraction of sp³-hybridized carbons (Fsp3) is 0.405. The summed E-state index contributed by atoms with van der Waals surface area (Å²) >= 11 is 14.5. The smallest absolute Gasteiger partial charge is 0.273 e. The maximum Gasteiger partial charge on any atom is 0.273 e. The lowest BCUT2D eigenvalue weighted by molar-refractivity contribution is -0.133. The average Bonchev–Trinajstić information content (AvgIpc) is 3.59. The third-order valence-electron chi connectivity index (χ3n) is 10.9. The summed E-state index contributed by atoms with van der Waals surface area (Å²) in [5.74, 6) is 0.172. The first kappa shape index (κ1) is 31.2. The number of hydrogen-bond donors (Lipinski definition) is 1. The number of thiazole rings is 1. The third kappa shape index (κ3) is 5.04. The molecule has 5 aliphatic rings. The SMILES string of the molecule is Cc1nc2c(F)c(-c3cccc(Cl)c3Cl)c(CCC#N)cc2c2c1cc([C@H]1C[C@H](Oc3nccs3)CN1C(=O)C1CC1)n2[C@H]1[C@H]2CN[C@@H]1C2. The number of rotatable bonds is 8. The second-order valence-electron chi connectivity index (χ2n) is 13.8. The van der Waals surface area contributed by atoms with Crippen LogP contribution in [0.2, 0.25) is 10.0 Å². The largest absolute Gasteiger partial charge is 0.465 e. The predicted molar refractivity (Wildman–Crippen MR) is 189 cm³/mol. The average molecular weight is 716 g/mol. The van der Waals surface area contributed by atoms with Gasteiger partial charge in [0.2, 0.25) is 5.91 Å². The summed E-state index contributed by atoms with van der Waals surface area (Å²) in [6, 6.07) is 11.8. The molecule has 2 aliphatic carbocycles. The van der Waals surface area contributed by atoms with Crippen molar-refractivity contribution in [3.05, 3.63) is 74.7 Å². The van der Waals surface area contributed by atoms with Gasteiger partial charge in [0.05, 0.1) is 40.3 Å². The van der Waals surface area contributed by atoms with Crippen LogP contribution in [0.1, 0.15) is 61.1 Å². The molecule has 12 heteroatoms. The summed E-state index contributed by atoms with van der Waals surface area (Å²) in [5, 5.41) is 18.0. The van der Waals surface area contributed by atoms with Crippen LogP contribution in [-0.4, -0.2) is 50.6 Å². The highest BCUT2D eigenvalue weighted by Gasteiger charge is 2.51. The first-order chi connectivity index (χ1) is 23.8. The van der Waals surface area contributed by atoms with Crippen LogP contribution in [0.15, 0.2) is 41.9 Å². The Hall–Kier alpha value is -3.75. The third-order valence-corrected chi connectivity index (χ3v) is 12.4. The van der Waals surface area contributed by atoms with Crippen molar-refractivity contribution in [3.63, 3.8) is 0 Å². The van der Waals surface area contributed by atoms with Crippen molar-refractivity contribution in [1.29, 1.82) is 5.26 Å². The van der Waals surface area contributed by atoms with E-state index in [-0.39, 0.29) is 53.0 Å². The van der Waals surface area contributed by atoms with Gasteiger partial charge in [-0.2, -0.15) is 5.26 Å². The van der Waals surface area contributed by atoms with E-state index in [4.69, 9.17) is 32.9 Å². The highest BCUT2D eigenvalue weighted by Crippen LogP contribution is 2.51. The molecule has 5 fully saturated rings. The van der Waals surface area contributed by atoms with E-state index in [1.165, 1.54) is 11.3 Å². The lowest BCUT2D eigenvalue weighted by Gasteiger charge is -2.39. The first-order valence-corrected chi connectivity index (χ1v) is 18.5. The molecule has 5 aromatic rings. The number of nitriles is 1. The van der Waals surface area contributed by atoms with Gasteiger partial charge in [-0.25, -0.2) is 14.4 Å². The van der Waals surface area contributed by atoms with Gasteiger partial charge in [0.25, 0.3) is 5.19 Å². The molecule has 6 heterocycles. The maximum atomic E-state index is 17.1. The Morgan fingerprint density at radius 2 is 2.08 bits per heavy atom. The Bertz CT molecular complexity index is 2180. The van der Waals surface area contributed by atoms with Crippen molar-refractivity contribution in [1.82, 2.24) is 24.8 Å². The molecule has 3 saturated heterocycles. The maximum absolute atomic E-state index is 17.1. The molecule has 49 heavy (non-hydrogen) atoms. The van der Waals surface area contributed by atoms with E-state index in [9.17, 15) is 10.1 Å². The van der Waals surface area contributed by atoms with Crippen LogP contribution < -0.4 is 10.1 Å². The van der Waals surface area contributed by atoms with Crippen LogP contribution in [0.4, 0.5) is 4.39 Å². The number of fused-ring (bicyclic) bond motifs is 4. The van der Waals surface area contributed by atoms with Crippen molar-refractivity contribution in [2.24, 2.45) is 11.8 Å². The number of benzene rings is 2. The fourth-order valence-electron chi connectivity index (χ4n) is 8.48. The monoisotopic (exact) mass is 714 g/mol. The Morgan fingerprint density at radius 3 is 2.80 bits per heavy atom. The van der Waals surface area contributed by atoms with Crippen LogP contribution in [0.25, 0.3) is 32.9 Å². The summed E-state index contributed by atoms with van der Waals surface area (Å²) in [6.07, 6.45) is 5.62. The van der Waals surface area contributed by atoms with Gasteiger partial charge in [0.15, 0.2) is 5.82 Å². The van der Waals surface area contributed by atoms with E-state index in [0.717, 1.165) is 42.4 Å². The lowest BCUT2D eigenvalue weighted by Crippen LogP contribution is -2.41. The molecule has 8 nitrogen and oxygen atoms in total. The summed E-state index contributed by atoms with van der Waals surface area (Å²) in [5.41, 5.74) is 4.40. The number of carbonyl (C=O) groups is 1. The minimum Gasteiger partial charge on any atom is -0.465 e. The van der Waals surface area contributed by atoms with E-state index in [2.05, 4.69) is 27.0 Å². The normalized spacial score (nSPS) is 24.5. The minimum absolute atomic E-state index is 0.0539. The number of carbonyl (C=O) groups excluding carboxylic acids is 1. The summed E-state index contributed by atoms with van der Waals surface area (Å²) in [4.78, 5) is 25.2. The number of halogens is 3. The molecule has 2 bridgehead atoms. The van der Waals surface area contributed by atoms with Crippen molar-refractivity contribution in [2.75, 3.05) is 13.1 Å². The van der Waals surface area contributed by atoms with Gasteiger partial charge in [-0.05, 0) is 62.3 Å². The number of nitrogens with one attached hydrogen (secondary N) is 1. The highest BCUT2D eigenvalue weighted by molar-refractivity contribution is 7.11. The molecule has 2 saturated carbocycles. The lowest BCUT2D eigenvalue weighted by atomic mass is 9.79. The molecule has 3 aliphatic heterocycles. The quantitative estimate of drug-likeness (QED) is 0.174. The molecule has 5 atom stereocenters. The minimum atomic E-state index is -0.480. The van der Waals surface area contributed by atoms with Crippen molar-refractivity contribution >= 4 is 62.3 Å². The van der Waals surface area contributed by atoms with E-state index in [1.807, 2.05) is 23.3 Å². The highest BCUT2D eigenvalue weighted by atomic mass is 35.5. The zero-order valence-electron chi connectivity index (χ0n) is 26.8. The molecule has 1 amide bonds. The van der Waals surface area contributed by atoms with Gasteiger partial charge >= 0.3 is 0 Å². The Labute approximate surface area is 296 Å². The van der Waals surface area contributed by atoms with Crippen LogP contribution in [0.5, 0.6) is 5.19 Å². The molecule has 0 spiro atoms.